The average Bonchev–Trinajstić information content (AvgIpc) is 3.44. The molecule has 4 rings (SSSR count). The van der Waals surface area contributed by atoms with Crippen LogP contribution in [0.2, 0.25) is 0 Å². The van der Waals surface area contributed by atoms with Crippen LogP contribution < -0.4 is 10.1 Å². The number of H-pyrrole nitrogens is 1. The zero-order valence-corrected chi connectivity index (χ0v) is 18.1. The first-order chi connectivity index (χ1) is 15.1. The van der Waals surface area contributed by atoms with Crippen molar-refractivity contribution in [2.75, 3.05) is 19.0 Å². The van der Waals surface area contributed by atoms with Crippen LogP contribution in [-0.4, -0.2) is 50.8 Å². The van der Waals surface area contributed by atoms with Crippen LogP contribution in [0.5, 0.6) is 5.75 Å². The first kappa shape index (κ1) is 20.8. The van der Waals surface area contributed by atoms with Crippen molar-refractivity contribution in [3.8, 4) is 17.0 Å². The van der Waals surface area contributed by atoms with E-state index >= 15 is 0 Å². The molecule has 2 aromatic heterocycles. The first-order valence-electron chi connectivity index (χ1n) is 10.5. The van der Waals surface area contributed by atoms with E-state index in [0.29, 0.717) is 23.7 Å². The molecule has 8 nitrogen and oxygen atoms in total. The lowest BCUT2D eigenvalue weighted by Gasteiger charge is -2.28. The van der Waals surface area contributed by atoms with Crippen molar-refractivity contribution in [2.24, 2.45) is 0 Å². The lowest BCUT2D eigenvalue weighted by atomic mass is 10.00. The fourth-order valence-electron chi connectivity index (χ4n) is 4.21. The predicted molar refractivity (Wildman–Crippen MR) is 121 cm³/mol. The van der Waals surface area contributed by atoms with E-state index in [-0.39, 0.29) is 5.82 Å². The maximum absolute atomic E-state index is 6.95. The minimum absolute atomic E-state index is 0.257. The molecule has 1 atom stereocenters. The summed E-state index contributed by atoms with van der Waals surface area (Å²) in [4.78, 5) is 14.0. The van der Waals surface area contributed by atoms with Crippen LogP contribution in [0.4, 0.5) is 17.5 Å². The minimum atomic E-state index is 0.257. The highest BCUT2D eigenvalue weighted by molar-refractivity contribution is 5.71. The van der Waals surface area contributed by atoms with Gasteiger partial charge in [0.05, 0.1) is 19.0 Å². The zero-order chi connectivity index (χ0) is 21.8. The van der Waals surface area contributed by atoms with Crippen LogP contribution in [0, 0.1) is 6.57 Å². The van der Waals surface area contributed by atoms with Gasteiger partial charge in [-0.2, -0.15) is 5.10 Å². The summed E-state index contributed by atoms with van der Waals surface area (Å²) in [6.07, 6.45) is 6.49. The summed E-state index contributed by atoms with van der Waals surface area (Å²) in [7, 11) is 1.70. The molecule has 0 aliphatic carbocycles. The highest BCUT2D eigenvalue weighted by Crippen LogP contribution is 2.33. The summed E-state index contributed by atoms with van der Waals surface area (Å²) < 4.78 is 5.70. The van der Waals surface area contributed by atoms with Crippen LogP contribution in [-0.2, 0) is 6.42 Å². The van der Waals surface area contributed by atoms with Gasteiger partial charge < -0.3 is 14.9 Å². The van der Waals surface area contributed by atoms with E-state index in [1.54, 1.807) is 7.11 Å². The summed E-state index contributed by atoms with van der Waals surface area (Å²) in [5.41, 5.74) is 3.08. The molecule has 160 valence electrons. The largest absolute Gasteiger partial charge is 0.496 e. The van der Waals surface area contributed by atoms with Gasteiger partial charge in [0, 0.05) is 23.7 Å². The summed E-state index contributed by atoms with van der Waals surface area (Å²) >= 11 is 0. The van der Waals surface area contributed by atoms with E-state index in [0.717, 1.165) is 23.4 Å². The number of hydrogen-bond donors (Lipinski definition) is 2. The standard InChI is InChI=1S/C23H27N7O/c1-15(2)30-9-5-6-17(30)10-16-7-8-18(20(11-16)31-4)19-12-21(29-28-19)27-23-14-25-22(24-3)13-26-23/h7-8,11-15,17H,5-6,9-10H2,1-2,4H3,(H2,26,27,28,29)/t17-/m0/s1. The van der Waals surface area contributed by atoms with Gasteiger partial charge in [0.2, 0.25) is 0 Å². The second kappa shape index (κ2) is 9.14. The molecule has 0 saturated carbocycles. The molecule has 31 heavy (non-hydrogen) atoms. The number of aromatic nitrogens is 4. The van der Waals surface area contributed by atoms with E-state index in [9.17, 15) is 0 Å². The molecular weight excluding hydrogens is 390 g/mol. The molecule has 1 aliphatic heterocycles. The molecule has 8 heteroatoms. The Hall–Kier alpha value is -3.44. The fourth-order valence-corrected chi connectivity index (χ4v) is 4.21. The SMILES string of the molecule is [C-]#[N+]c1cnc(Nc2cc(-c3ccc(C[C@@H]4CCCN4C(C)C)cc3OC)[nH]n2)cn1. The average molecular weight is 418 g/mol. The number of likely N-dealkylation sites (tertiary alicyclic amines) is 1. The fraction of sp³-hybridized carbons (Fsp3) is 0.391. The third kappa shape index (κ3) is 4.67. The van der Waals surface area contributed by atoms with Gasteiger partial charge in [-0.15, -0.1) is 4.98 Å². The number of anilines is 2. The minimum Gasteiger partial charge on any atom is -0.496 e. The Kier molecular flexibility index (Phi) is 6.14. The van der Waals surface area contributed by atoms with Crippen molar-refractivity contribution in [1.29, 1.82) is 0 Å². The molecule has 3 aromatic rings. The molecule has 0 radical (unpaired) electrons. The lowest BCUT2D eigenvalue weighted by Crippen LogP contribution is -2.36. The monoisotopic (exact) mass is 417 g/mol. The van der Waals surface area contributed by atoms with E-state index in [1.165, 1.54) is 37.3 Å². The highest BCUT2D eigenvalue weighted by atomic mass is 16.5. The van der Waals surface area contributed by atoms with Gasteiger partial charge >= 0.3 is 0 Å². The maximum Gasteiger partial charge on any atom is 0.288 e. The number of aromatic amines is 1. The Labute approximate surface area is 182 Å². The molecule has 1 aromatic carbocycles. The van der Waals surface area contributed by atoms with E-state index in [4.69, 9.17) is 11.3 Å². The van der Waals surface area contributed by atoms with Crippen LogP contribution >= 0.6 is 0 Å². The number of rotatable bonds is 7. The molecule has 0 amide bonds. The number of nitrogens with zero attached hydrogens (tertiary/aromatic N) is 5. The van der Waals surface area contributed by atoms with Crippen molar-refractivity contribution < 1.29 is 4.74 Å². The van der Waals surface area contributed by atoms with E-state index in [1.807, 2.05) is 6.07 Å². The van der Waals surface area contributed by atoms with E-state index < -0.39 is 0 Å². The molecule has 1 saturated heterocycles. The van der Waals surface area contributed by atoms with Gasteiger partial charge in [-0.25, -0.2) is 4.98 Å². The second-order valence-electron chi connectivity index (χ2n) is 8.03. The number of benzene rings is 1. The third-order valence-corrected chi connectivity index (χ3v) is 5.70. The molecule has 2 N–H and O–H groups in total. The molecule has 1 aliphatic rings. The van der Waals surface area contributed by atoms with Crippen molar-refractivity contribution in [1.82, 2.24) is 25.1 Å². The molecule has 1 fully saturated rings. The van der Waals surface area contributed by atoms with Crippen LogP contribution in [0.15, 0.2) is 36.7 Å². The van der Waals surface area contributed by atoms with Crippen molar-refractivity contribution in [2.45, 2.75) is 45.2 Å². The first-order valence-corrected chi connectivity index (χ1v) is 10.5. The van der Waals surface area contributed by atoms with Crippen LogP contribution in [0.3, 0.4) is 0 Å². The molecule has 0 spiro atoms. The summed E-state index contributed by atoms with van der Waals surface area (Å²) in [6.45, 7) is 12.7. The summed E-state index contributed by atoms with van der Waals surface area (Å²) in [5.74, 6) is 2.22. The van der Waals surface area contributed by atoms with Gasteiger partial charge in [0.1, 0.15) is 5.75 Å². The zero-order valence-electron chi connectivity index (χ0n) is 18.1. The van der Waals surface area contributed by atoms with Gasteiger partial charge in [-0.05, 0) is 57.4 Å². The number of nitrogens with one attached hydrogen (secondary N) is 2. The second-order valence-corrected chi connectivity index (χ2v) is 8.03. The van der Waals surface area contributed by atoms with Gasteiger partial charge in [0.25, 0.3) is 5.82 Å². The lowest BCUT2D eigenvalue weighted by molar-refractivity contribution is 0.202. The van der Waals surface area contributed by atoms with Crippen molar-refractivity contribution >= 4 is 17.5 Å². The molecule has 0 bridgehead atoms. The molecular formula is C23H27N7O. The Morgan fingerprint density at radius 2 is 2.13 bits per heavy atom. The Balaban J connectivity index is 1.50. The maximum atomic E-state index is 6.95. The number of ether oxygens (including phenoxy) is 1. The summed E-state index contributed by atoms with van der Waals surface area (Å²) in [5, 5.41) is 10.5. The van der Waals surface area contributed by atoms with Crippen LogP contribution in [0.25, 0.3) is 16.1 Å². The number of methoxy groups -OCH3 is 1. The van der Waals surface area contributed by atoms with Gasteiger partial charge in [-0.1, -0.05) is 12.6 Å². The summed E-state index contributed by atoms with van der Waals surface area (Å²) in [6, 6.07) is 9.47. The van der Waals surface area contributed by atoms with Crippen LogP contribution in [0.1, 0.15) is 32.3 Å². The predicted octanol–water partition coefficient (Wildman–Crippen LogP) is 4.58. The van der Waals surface area contributed by atoms with Gasteiger partial charge in [0.15, 0.2) is 17.8 Å². The Morgan fingerprint density at radius 1 is 1.26 bits per heavy atom. The van der Waals surface area contributed by atoms with E-state index in [2.05, 4.69) is 67.3 Å². The van der Waals surface area contributed by atoms with Gasteiger partial charge in [-0.3, -0.25) is 10.00 Å². The topological polar surface area (TPSA) is 83.3 Å². The Bertz CT molecular complexity index is 1070. The normalized spacial score (nSPS) is 16.4. The Morgan fingerprint density at radius 3 is 2.84 bits per heavy atom. The smallest absolute Gasteiger partial charge is 0.288 e. The number of hydrogen-bond acceptors (Lipinski definition) is 6. The quantitative estimate of drug-likeness (QED) is 0.547. The molecule has 3 heterocycles. The van der Waals surface area contributed by atoms with Crippen molar-refractivity contribution in [3.05, 3.63) is 53.6 Å². The highest BCUT2D eigenvalue weighted by Gasteiger charge is 2.26. The van der Waals surface area contributed by atoms with Crippen molar-refractivity contribution in [3.63, 3.8) is 0 Å². The molecule has 0 unspecified atom stereocenters. The third-order valence-electron chi connectivity index (χ3n) is 5.70.